The molecule has 98 heavy (non-hydrogen) atoms. The van der Waals surface area contributed by atoms with Crippen molar-refractivity contribution in [3.05, 3.63) is 0 Å². The molecular weight excluding hydrogens is 1280 g/mol. The molecular formula is C79H154O17P2. The van der Waals surface area contributed by atoms with Gasteiger partial charge in [0.15, 0.2) is 12.2 Å². The molecule has 2 unspecified atom stereocenters. The minimum atomic E-state index is -4.96. The third kappa shape index (κ3) is 72.4. The van der Waals surface area contributed by atoms with Crippen LogP contribution >= 0.6 is 15.6 Å². The first-order chi connectivity index (χ1) is 47.2. The zero-order valence-corrected chi connectivity index (χ0v) is 66.0. The van der Waals surface area contributed by atoms with Crippen LogP contribution in [-0.2, 0) is 65.4 Å². The fraction of sp³-hybridized carbons (Fsp3) is 0.949. The van der Waals surface area contributed by atoms with E-state index in [4.69, 9.17) is 37.0 Å². The van der Waals surface area contributed by atoms with E-state index in [1.807, 2.05) is 0 Å². The van der Waals surface area contributed by atoms with Crippen LogP contribution in [-0.4, -0.2) is 96.7 Å². The number of phosphoric acid groups is 2. The molecule has 0 radical (unpaired) electrons. The largest absolute Gasteiger partial charge is 0.472 e. The first-order valence-corrected chi connectivity index (χ1v) is 43.8. The summed E-state index contributed by atoms with van der Waals surface area (Å²) in [5, 5.41) is 10.6. The molecule has 5 atom stereocenters. The van der Waals surface area contributed by atoms with Gasteiger partial charge in [0.1, 0.15) is 19.3 Å². The summed E-state index contributed by atoms with van der Waals surface area (Å²) in [7, 11) is -9.91. The number of hydrogen-bond acceptors (Lipinski definition) is 15. The second kappa shape index (κ2) is 69.4. The highest BCUT2D eigenvalue weighted by atomic mass is 31.2. The molecule has 0 aliphatic rings. The number of carbonyl (C=O) groups excluding carboxylic acids is 4. The van der Waals surface area contributed by atoms with Crippen molar-refractivity contribution in [2.24, 2.45) is 17.8 Å². The van der Waals surface area contributed by atoms with Gasteiger partial charge in [-0.2, -0.15) is 0 Å². The average molecular weight is 1440 g/mol. The van der Waals surface area contributed by atoms with Crippen LogP contribution in [0.1, 0.15) is 408 Å². The molecule has 3 N–H and O–H groups in total. The molecule has 0 saturated heterocycles. The second-order valence-electron chi connectivity index (χ2n) is 29.9. The van der Waals surface area contributed by atoms with Gasteiger partial charge in [-0.05, 0) is 43.4 Å². The summed E-state index contributed by atoms with van der Waals surface area (Å²) in [5.74, 6) is 0.263. The monoisotopic (exact) mass is 1440 g/mol. The Hall–Kier alpha value is -1.94. The molecule has 0 amide bonds. The van der Waals surface area contributed by atoms with E-state index < -0.39 is 97.5 Å². The second-order valence-corrected chi connectivity index (χ2v) is 32.8. The summed E-state index contributed by atoms with van der Waals surface area (Å²) in [6.45, 7) is 11.9. The van der Waals surface area contributed by atoms with Crippen molar-refractivity contribution in [3.8, 4) is 0 Å². The Kier molecular flexibility index (Phi) is 68.1. The normalized spacial score (nSPS) is 14.0. The third-order valence-electron chi connectivity index (χ3n) is 18.4. The summed E-state index contributed by atoms with van der Waals surface area (Å²) >= 11 is 0. The SMILES string of the molecule is CCCCCCCCCC(=O)OC[C@H](COP(=O)(O)OC[C@H](O)COP(=O)(O)OC[C@@H](COC(=O)CCCCCCCCCCCCCCCCCC(C)C)OC(=O)CCCCCCCCCCCCCCCCCCC(C)C)OC(=O)CCCCCCCCCCCCCC(C)C. The Balaban J connectivity index is 5.19. The number of esters is 4. The average Bonchev–Trinajstić information content (AvgIpc) is 1.07. The Labute approximate surface area is 600 Å². The number of hydrogen-bond donors (Lipinski definition) is 3. The van der Waals surface area contributed by atoms with Gasteiger partial charge in [0.25, 0.3) is 0 Å². The van der Waals surface area contributed by atoms with Gasteiger partial charge in [-0.15, -0.1) is 0 Å². The van der Waals surface area contributed by atoms with Gasteiger partial charge in [-0.25, -0.2) is 9.13 Å². The summed E-state index contributed by atoms with van der Waals surface area (Å²) in [4.78, 5) is 72.8. The zero-order chi connectivity index (χ0) is 72.3. The molecule has 0 aliphatic heterocycles. The lowest BCUT2D eigenvalue weighted by Crippen LogP contribution is -2.30. The standard InChI is InChI=1S/C79H154O17P2/c1-8-9-10-11-36-46-53-60-76(81)89-66-74(95-79(84)63-56-49-42-35-29-23-26-32-39-45-52-59-72(6)7)68-93-97(85,86)91-64-73(80)65-92-98(87,88)94-69-75(67-90-77(82)61-54-47-40-33-27-21-18-14-16-20-25-31-38-44-51-58-71(4)5)96-78(83)62-55-48-41-34-28-22-17-13-12-15-19-24-30-37-43-50-57-70(2)3/h70-75,80H,8-69H2,1-7H3,(H,85,86)(H,87,88)/t73-,74+,75+/m0/s1. The van der Waals surface area contributed by atoms with Crippen molar-refractivity contribution in [1.29, 1.82) is 0 Å². The van der Waals surface area contributed by atoms with Gasteiger partial charge in [0, 0.05) is 25.7 Å². The van der Waals surface area contributed by atoms with Gasteiger partial charge in [-0.1, -0.05) is 357 Å². The van der Waals surface area contributed by atoms with E-state index >= 15 is 0 Å². The van der Waals surface area contributed by atoms with Crippen LogP contribution in [0.3, 0.4) is 0 Å². The van der Waals surface area contributed by atoms with E-state index in [2.05, 4.69) is 48.5 Å². The Morgan fingerprint density at radius 3 is 0.694 bits per heavy atom. The van der Waals surface area contributed by atoms with Gasteiger partial charge in [0.05, 0.1) is 26.4 Å². The van der Waals surface area contributed by atoms with Crippen LogP contribution in [0, 0.1) is 17.8 Å². The van der Waals surface area contributed by atoms with Crippen molar-refractivity contribution in [2.45, 2.75) is 426 Å². The molecule has 19 heteroatoms. The van der Waals surface area contributed by atoms with E-state index in [0.717, 1.165) is 120 Å². The topological polar surface area (TPSA) is 237 Å². The lowest BCUT2D eigenvalue weighted by atomic mass is 10.0. The number of carbonyl (C=O) groups is 4. The van der Waals surface area contributed by atoms with Crippen LogP contribution in [0.15, 0.2) is 0 Å². The number of phosphoric ester groups is 2. The maximum Gasteiger partial charge on any atom is 0.472 e. The van der Waals surface area contributed by atoms with E-state index in [0.29, 0.717) is 25.7 Å². The van der Waals surface area contributed by atoms with Crippen LogP contribution in [0.5, 0.6) is 0 Å². The Bertz CT molecular complexity index is 1900. The molecule has 0 aliphatic carbocycles. The Morgan fingerprint density at radius 1 is 0.276 bits per heavy atom. The summed E-state index contributed by atoms with van der Waals surface area (Å²) in [6.07, 6.45) is 57.0. The highest BCUT2D eigenvalue weighted by molar-refractivity contribution is 7.47. The maximum absolute atomic E-state index is 13.1. The number of aliphatic hydroxyl groups is 1. The van der Waals surface area contributed by atoms with Crippen molar-refractivity contribution in [2.75, 3.05) is 39.6 Å². The van der Waals surface area contributed by atoms with E-state index in [9.17, 15) is 43.2 Å². The molecule has 0 bridgehead atoms. The predicted molar refractivity (Wildman–Crippen MR) is 400 cm³/mol. The zero-order valence-electron chi connectivity index (χ0n) is 64.3. The van der Waals surface area contributed by atoms with Crippen molar-refractivity contribution < 1.29 is 80.2 Å². The molecule has 0 rings (SSSR count). The van der Waals surface area contributed by atoms with E-state index in [1.54, 1.807) is 0 Å². The summed E-state index contributed by atoms with van der Waals surface area (Å²) < 4.78 is 68.5. The van der Waals surface area contributed by atoms with Crippen LogP contribution < -0.4 is 0 Å². The fourth-order valence-corrected chi connectivity index (χ4v) is 13.7. The maximum atomic E-state index is 13.1. The first-order valence-electron chi connectivity index (χ1n) is 40.8. The van der Waals surface area contributed by atoms with Crippen molar-refractivity contribution in [3.63, 3.8) is 0 Å². The van der Waals surface area contributed by atoms with Crippen LogP contribution in [0.2, 0.25) is 0 Å². The molecule has 0 aromatic heterocycles. The van der Waals surface area contributed by atoms with Gasteiger partial charge < -0.3 is 33.8 Å². The molecule has 0 heterocycles. The number of unbranched alkanes of at least 4 members (excludes halogenated alkanes) is 45. The number of rotatable bonds is 77. The molecule has 0 aromatic rings. The van der Waals surface area contributed by atoms with Crippen LogP contribution in [0.4, 0.5) is 0 Å². The highest BCUT2D eigenvalue weighted by Crippen LogP contribution is 2.45. The Morgan fingerprint density at radius 2 is 0.469 bits per heavy atom. The predicted octanol–water partition coefficient (Wildman–Crippen LogP) is 23.4. The third-order valence-corrected chi connectivity index (χ3v) is 20.3. The van der Waals surface area contributed by atoms with Crippen molar-refractivity contribution in [1.82, 2.24) is 0 Å². The van der Waals surface area contributed by atoms with E-state index in [1.165, 1.54) is 205 Å². The molecule has 0 saturated carbocycles. The lowest BCUT2D eigenvalue weighted by molar-refractivity contribution is -0.161. The first kappa shape index (κ1) is 96.1. The highest BCUT2D eigenvalue weighted by Gasteiger charge is 2.30. The molecule has 17 nitrogen and oxygen atoms in total. The van der Waals surface area contributed by atoms with E-state index in [-0.39, 0.29) is 25.7 Å². The summed E-state index contributed by atoms with van der Waals surface area (Å²) in [5.41, 5.74) is 0. The van der Waals surface area contributed by atoms with Gasteiger partial charge >= 0.3 is 39.5 Å². The lowest BCUT2D eigenvalue weighted by Gasteiger charge is -2.21. The quantitative estimate of drug-likeness (QED) is 0.0222. The summed E-state index contributed by atoms with van der Waals surface area (Å²) in [6, 6.07) is 0. The van der Waals surface area contributed by atoms with Crippen molar-refractivity contribution >= 4 is 39.5 Å². The van der Waals surface area contributed by atoms with Crippen LogP contribution in [0.25, 0.3) is 0 Å². The number of ether oxygens (including phenoxy) is 4. The minimum Gasteiger partial charge on any atom is -0.462 e. The number of aliphatic hydroxyl groups excluding tert-OH is 1. The molecule has 0 aromatic carbocycles. The minimum absolute atomic E-state index is 0.106. The molecule has 0 spiro atoms. The smallest absolute Gasteiger partial charge is 0.462 e. The molecule has 582 valence electrons. The van der Waals surface area contributed by atoms with Gasteiger partial charge in [0.2, 0.25) is 0 Å². The molecule has 0 fully saturated rings. The van der Waals surface area contributed by atoms with Gasteiger partial charge in [-0.3, -0.25) is 37.3 Å². The fourth-order valence-electron chi connectivity index (χ4n) is 12.1.